The van der Waals surface area contributed by atoms with Gasteiger partial charge in [0.2, 0.25) is 0 Å². The van der Waals surface area contributed by atoms with Crippen molar-refractivity contribution < 1.29 is 24.8 Å². The molecule has 0 aromatic rings. The summed E-state index contributed by atoms with van der Waals surface area (Å²) in [6.45, 7) is 5.42. The second-order valence-electron chi connectivity index (χ2n) is 4.29. The van der Waals surface area contributed by atoms with Crippen LogP contribution in [0.1, 0.15) is 20.8 Å². The molecular weight excluding hydrogens is 212 g/mol. The maximum Gasteiger partial charge on any atom is 0.155 e. The van der Waals surface area contributed by atoms with Crippen LogP contribution in [-0.2, 0) is 9.47 Å². The highest BCUT2D eigenvalue weighted by molar-refractivity contribution is 5.02. The van der Waals surface area contributed by atoms with Crippen LogP contribution in [0.15, 0.2) is 11.6 Å². The van der Waals surface area contributed by atoms with E-state index in [4.69, 9.17) is 9.47 Å². The maximum absolute atomic E-state index is 9.84. The van der Waals surface area contributed by atoms with Crippen LogP contribution in [0.3, 0.4) is 0 Å². The Labute approximate surface area is 95.3 Å². The van der Waals surface area contributed by atoms with Gasteiger partial charge in [0.15, 0.2) is 6.29 Å². The molecule has 1 rings (SSSR count). The van der Waals surface area contributed by atoms with Gasteiger partial charge in [0.05, 0.1) is 6.61 Å². The zero-order valence-electron chi connectivity index (χ0n) is 9.83. The van der Waals surface area contributed by atoms with Gasteiger partial charge in [-0.05, 0) is 20.8 Å². The van der Waals surface area contributed by atoms with Crippen LogP contribution in [-0.4, -0.2) is 52.6 Å². The van der Waals surface area contributed by atoms with Crippen molar-refractivity contribution in [2.75, 3.05) is 6.61 Å². The highest BCUT2D eigenvalue weighted by atomic mass is 16.7. The van der Waals surface area contributed by atoms with Crippen LogP contribution in [0.4, 0.5) is 0 Å². The largest absolute Gasteiger partial charge is 0.388 e. The lowest BCUT2D eigenvalue weighted by Crippen LogP contribution is -2.52. The van der Waals surface area contributed by atoms with Gasteiger partial charge in [0, 0.05) is 0 Å². The molecule has 3 N–H and O–H groups in total. The number of hydrogen-bond acceptors (Lipinski definition) is 5. The Hall–Kier alpha value is -0.460. The van der Waals surface area contributed by atoms with Crippen molar-refractivity contribution in [3.05, 3.63) is 11.6 Å². The lowest BCUT2D eigenvalue weighted by Gasteiger charge is -2.36. The molecule has 0 radical (unpaired) electrons. The zero-order chi connectivity index (χ0) is 12.3. The Balaban J connectivity index is 2.63. The molecule has 1 unspecified atom stereocenters. The molecule has 5 heteroatoms. The van der Waals surface area contributed by atoms with Gasteiger partial charge in [-0.1, -0.05) is 11.6 Å². The topological polar surface area (TPSA) is 79.2 Å². The van der Waals surface area contributed by atoms with E-state index in [0.717, 1.165) is 5.57 Å². The Morgan fingerprint density at radius 1 is 1.38 bits per heavy atom. The highest BCUT2D eigenvalue weighted by Crippen LogP contribution is 2.18. The average molecular weight is 232 g/mol. The van der Waals surface area contributed by atoms with Gasteiger partial charge in [-0.2, -0.15) is 0 Å². The summed E-state index contributed by atoms with van der Waals surface area (Å²) in [6, 6.07) is 0. The van der Waals surface area contributed by atoms with Crippen molar-refractivity contribution in [1.29, 1.82) is 0 Å². The van der Waals surface area contributed by atoms with E-state index in [1.54, 1.807) is 6.92 Å². The lowest BCUT2D eigenvalue weighted by molar-refractivity contribution is -0.270. The van der Waals surface area contributed by atoms with Gasteiger partial charge in [-0.15, -0.1) is 0 Å². The van der Waals surface area contributed by atoms with E-state index in [1.165, 1.54) is 6.08 Å². The van der Waals surface area contributed by atoms with Gasteiger partial charge in [0.25, 0.3) is 0 Å². The molecule has 16 heavy (non-hydrogen) atoms. The van der Waals surface area contributed by atoms with Gasteiger partial charge in [-0.3, -0.25) is 0 Å². The molecule has 94 valence electrons. The molecule has 5 atom stereocenters. The molecule has 0 spiro atoms. The SMILES string of the molecule is CC(C)=C[C@H](O)[C@@H](O)[C@@H]1OC(C)OC[C@H]1O. The fraction of sp³-hybridized carbons (Fsp3) is 0.818. The molecule has 0 aliphatic carbocycles. The number of rotatable bonds is 3. The van der Waals surface area contributed by atoms with Crippen LogP contribution < -0.4 is 0 Å². The lowest BCUT2D eigenvalue weighted by atomic mass is 10.0. The quantitative estimate of drug-likeness (QED) is 0.587. The molecule has 0 bridgehead atoms. The highest BCUT2D eigenvalue weighted by Gasteiger charge is 2.36. The van der Waals surface area contributed by atoms with Crippen LogP contribution in [0.2, 0.25) is 0 Å². The second-order valence-corrected chi connectivity index (χ2v) is 4.29. The van der Waals surface area contributed by atoms with E-state index in [9.17, 15) is 15.3 Å². The standard InChI is InChI=1S/C11H20O5/c1-6(2)4-8(12)10(14)11-9(13)5-15-7(3)16-11/h4,7-14H,5H2,1-3H3/t7?,8-,9+,10+,11+/m0/s1. The Kier molecular flexibility index (Phi) is 4.89. The normalized spacial score (nSPS) is 34.2. The summed E-state index contributed by atoms with van der Waals surface area (Å²) in [5.74, 6) is 0. The molecule has 1 aliphatic heterocycles. The van der Waals surface area contributed by atoms with E-state index in [0.29, 0.717) is 0 Å². The minimum absolute atomic E-state index is 0.102. The van der Waals surface area contributed by atoms with Crippen molar-refractivity contribution >= 4 is 0 Å². The van der Waals surface area contributed by atoms with Crippen LogP contribution in [0.5, 0.6) is 0 Å². The molecule has 1 aliphatic rings. The molecule has 1 saturated heterocycles. The van der Waals surface area contributed by atoms with Gasteiger partial charge < -0.3 is 24.8 Å². The first-order valence-corrected chi connectivity index (χ1v) is 5.38. The summed E-state index contributed by atoms with van der Waals surface area (Å²) in [7, 11) is 0. The van der Waals surface area contributed by atoms with Crippen LogP contribution in [0, 0.1) is 0 Å². The predicted octanol–water partition coefficient (Wildman–Crippen LogP) is -0.203. The molecule has 0 aromatic carbocycles. The molecular formula is C11H20O5. The molecule has 0 aromatic heterocycles. The van der Waals surface area contributed by atoms with Crippen molar-refractivity contribution in [1.82, 2.24) is 0 Å². The number of ether oxygens (including phenoxy) is 2. The van der Waals surface area contributed by atoms with E-state index in [-0.39, 0.29) is 6.61 Å². The van der Waals surface area contributed by atoms with Crippen molar-refractivity contribution in [2.45, 2.75) is 51.5 Å². The number of aliphatic hydroxyl groups excluding tert-OH is 3. The molecule has 0 amide bonds. The second kappa shape index (κ2) is 5.75. The Morgan fingerprint density at radius 2 is 2.00 bits per heavy atom. The maximum atomic E-state index is 9.84. The van der Waals surface area contributed by atoms with E-state index in [1.807, 2.05) is 13.8 Å². The summed E-state index contributed by atoms with van der Waals surface area (Å²) >= 11 is 0. The van der Waals surface area contributed by atoms with Crippen molar-refractivity contribution in [3.63, 3.8) is 0 Å². The third-order valence-electron chi connectivity index (χ3n) is 2.42. The first kappa shape index (κ1) is 13.6. The summed E-state index contributed by atoms with van der Waals surface area (Å²) in [4.78, 5) is 0. The zero-order valence-corrected chi connectivity index (χ0v) is 9.83. The van der Waals surface area contributed by atoms with Crippen molar-refractivity contribution in [2.24, 2.45) is 0 Å². The van der Waals surface area contributed by atoms with E-state index < -0.39 is 30.7 Å². The van der Waals surface area contributed by atoms with E-state index >= 15 is 0 Å². The molecule has 1 heterocycles. The smallest absolute Gasteiger partial charge is 0.155 e. The first-order valence-electron chi connectivity index (χ1n) is 5.38. The number of aliphatic hydroxyl groups is 3. The number of allylic oxidation sites excluding steroid dienone is 1. The Morgan fingerprint density at radius 3 is 2.56 bits per heavy atom. The third kappa shape index (κ3) is 3.54. The van der Waals surface area contributed by atoms with Gasteiger partial charge >= 0.3 is 0 Å². The third-order valence-corrected chi connectivity index (χ3v) is 2.42. The van der Waals surface area contributed by atoms with Gasteiger partial charge in [0.1, 0.15) is 24.4 Å². The minimum atomic E-state index is -1.16. The van der Waals surface area contributed by atoms with Crippen LogP contribution in [0.25, 0.3) is 0 Å². The monoisotopic (exact) mass is 232 g/mol. The summed E-state index contributed by atoms with van der Waals surface area (Å²) in [5, 5.41) is 29.1. The van der Waals surface area contributed by atoms with Gasteiger partial charge in [-0.25, -0.2) is 0 Å². The molecule has 1 fully saturated rings. The summed E-state index contributed by atoms with van der Waals surface area (Å²) < 4.78 is 10.3. The number of hydrogen-bond donors (Lipinski definition) is 3. The molecule has 5 nitrogen and oxygen atoms in total. The van der Waals surface area contributed by atoms with E-state index in [2.05, 4.69) is 0 Å². The van der Waals surface area contributed by atoms with Crippen LogP contribution >= 0.6 is 0 Å². The fourth-order valence-electron chi connectivity index (χ4n) is 1.62. The fourth-order valence-corrected chi connectivity index (χ4v) is 1.62. The minimum Gasteiger partial charge on any atom is -0.388 e. The summed E-state index contributed by atoms with van der Waals surface area (Å²) in [6.07, 6.45) is -2.91. The average Bonchev–Trinajstić information content (AvgIpc) is 2.19. The molecule has 0 saturated carbocycles. The first-order chi connectivity index (χ1) is 7.41. The van der Waals surface area contributed by atoms with Crippen molar-refractivity contribution in [3.8, 4) is 0 Å². The Bertz CT molecular complexity index is 249. The predicted molar refractivity (Wildman–Crippen MR) is 57.7 cm³/mol. The summed E-state index contributed by atoms with van der Waals surface area (Å²) in [5.41, 5.74) is 0.890.